The summed E-state index contributed by atoms with van der Waals surface area (Å²) in [5.74, 6) is -0.884. The molecule has 10 heteroatoms. The molecule has 2 N–H and O–H groups in total. The average molecular weight is 385 g/mol. The Morgan fingerprint density at radius 1 is 1.30 bits per heavy atom. The summed E-state index contributed by atoms with van der Waals surface area (Å²) < 4.78 is 34.0. The highest BCUT2D eigenvalue weighted by atomic mass is 19.3. The van der Waals surface area contributed by atoms with E-state index in [9.17, 15) is 23.2 Å². The van der Waals surface area contributed by atoms with E-state index in [4.69, 9.17) is 4.74 Å². The van der Waals surface area contributed by atoms with Gasteiger partial charge in [0, 0.05) is 6.54 Å². The largest absolute Gasteiger partial charge is 0.493 e. The Morgan fingerprint density at radius 3 is 2.56 bits per heavy atom. The lowest BCUT2D eigenvalue weighted by molar-refractivity contribution is -0.134. The Labute approximate surface area is 154 Å². The molecule has 0 spiro atoms. The Morgan fingerprint density at radius 2 is 2.00 bits per heavy atom. The molecule has 1 heterocycles. The zero-order valence-corrected chi connectivity index (χ0v) is 15.2. The number of benzene rings is 1. The molecule has 0 saturated carbocycles. The van der Waals surface area contributed by atoms with E-state index in [0.29, 0.717) is 6.42 Å². The number of carbonyl (C=O) groups excluding carboxylic acids is 3. The number of ether oxygens (including phenoxy) is 2. The van der Waals surface area contributed by atoms with Crippen molar-refractivity contribution >= 4 is 17.8 Å². The van der Waals surface area contributed by atoms with E-state index in [0.717, 1.165) is 10.5 Å². The number of nitrogens with zero attached hydrogens (tertiary/aromatic N) is 1. The molecule has 1 aromatic carbocycles. The monoisotopic (exact) mass is 385 g/mol. The van der Waals surface area contributed by atoms with Crippen LogP contribution in [0.25, 0.3) is 0 Å². The van der Waals surface area contributed by atoms with E-state index >= 15 is 0 Å². The van der Waals surface area contributed by atoms with Crippen LogP contribution in [0.2, 0.25) is 0 Å². The Kier molecular flexibility index (Phi) is 6.19. The lowest BCUT2D eigenvalue weighted by atomic mass is 10.1. The summed E-state index contributed by atoms with van der Waals surface area (Å²) in [5, 5.41) is 5.10. The first-order chi connectivity index (χ1) is 12.6. The van der Waals surface area contributed by atoms with Gasteiger partial charge < -0.3 is 20.1 Å². The third-order valence-corrected chi connectivity index (χ3v) is 3.93. The van der Waals surface area contributed by atoms with Crippen LogP contribution in [-0.4, -0.2) is 55.1 Å². The second kappa shape index (κ2) is 8.19. The SMILES string of the molecule is COc1cc(CCNC(=O)CN2C(=O)NC(C)(C)C2=O)ccc1OC(F)F. The van der Waals surface area contributed by atoms with Crippen molar-refractivity contribution in [1.82, 2.24) is 15.5 Å². The summed E-state index contributed by atoms with van der Waals surface area (Å²) in [6.45, 7) is 0.00207. The standard InChI is InChI=1S/C17H21F2N3O5/c1-17(2)14(24)22(16(25)21-17)9-13(23)20-7-6-10-4-5-11(27-15(18)19)12(8-10)26-3/h4-5,8,15H,6-7,9H2,1-3H3,(H,20,23)(H,21,25). The zero-order chi connectivity index (χ0) is 20.2. The van der Waals surface area contributed by atoms with Crippen LogP contribution in [0.4, 0.5) is 13.6 Å². The number of methoxy groups -OCH3 is 1. The van der Waals surface area contributed by atoms with E-state index < -0.39 is 30.0 Å². The quantitative estimate of drug-likeness (QED) is 0.658. The minimum absolute atomic E-state index is 0.0820. The first-order valence-corrected chi connectivity index (χ1v) is 8.16. The van der Waals surface area contributed by atoms with Gasteiger partial charge in [0.15, 0.2) is 11.5 Å². The minimum Gasteiger partial charge on any atom is -0.493 e. The summed E-state index contributed by atoms with van der Waals surface area (Å²) in [4.78, 5) is 36.6. The van der Waals surface area contributed by atoms with Crippen molar-refractivity contribution in [3.8, 4) is 11.5 Å². The van der Waals surface area contributed by atoms with Crippen LogP contribution in [0.15, 0.2) is 18.2 Å². The number of amides is 4. The molecule has 0 bridgehead atoms. The molecule has 4 amide bonds. The number of nitrogens with one attached hydrogen (secondary N) is 2. The van der Waals surface area contributed by atoms with Gasteiger partial charge in [0.25, 0.3) is 5.91 Å². The van der Waals surface area contributed by atoms with E-state index in [1.807, 2.05) is 0 Å². The van der Waals surface area contributed by atoms with Crippen molar-refractivity contribution in [2.24, 2.45) is 0 Å². The van der Waals surface area contributed by atoms with Crippen molar-refractivity contribution in [2.75, 3.05) is 20.2 Å². The number of carbonyl (C=O) groups is 3. The van der Waals surface area contributed by atoms with Gasteiger partial charge in [-0.2, -0.15) is 8.78 Å². The van der Waals surface area contributed by atoms with Gasteiger partial charge in [0.05, 0.1) is 7.11 Å². The molecule has 1 aromatic rings. The minimum atomic E-state index is -2.96. The van der Waals surface area contributed by atoms with Gasteiger partial charge in [-0.1, -0.05) is 6.07 Å². The highest BCUT2D eigenvalue weighted by molar-refractivity contribution is 6.08. The molecule has 0 aliphatic carbocycles. The highest BCUT2D eigenvalue weighted by Crippen LogP contribution is 2.29. The maximum Gasteiger partial charge on any atom is 0.387 e. The highest BCUT2D eigenvalue weighted by Gasteiger charge is 2.44. The molecule has 0 unspecified atom stereocenters. The molecule has 8 nitrogen and oxygen atoms in total. The van der Waals surface area contributed by atoms with Crippen molar-refractivity contribution in [3.63, 3.8) is 0 Å². The number of halogens is 2. The average Bonchev–Trinajstić information content (AvgIpc) is 2.77. The van der Waals surface area contributed by atoms with Crippen LogP contribution in [-0.2, 0) is 16.0 Å². The molecule has 0 aromatic heterocycles. The van der Waals surface area contributed by atoms with Crippen LogP contribution >= 0.6 is 0 Å². The number of rotatable bonds is 8. The van der Waals surface area contributed by atoms with Crippen molar-refractivity contribution in [1.29, 1.82) is 0 Å². The zero-order valence-electron chi connectivity index (χ0n) is 15.2. The molecule has 0 radical (unpaired) electrons. The van der Waals surface area contributed by atoms with Gasteiger partial charge in [0.1, 0.15) is 12.1 Å². The van der Waals surface area contributed by atoms with Crippen LogP contribution in [0, 0.1) is 0 Å². The Bertz CT molecular complexity index is 739. The fourth-order valence-corrected chi connectivity index (χ4v) is 2.57. The molecular formula is C17H21F2N3O5. The van der Waals surface area contributed by atoms with E-state index in [-0.39, 0.29) is 24.6 Å². The predicted molar refractivity (Wildman–Crippen MR) is 90.7 cm³/mol. The number of hydrogen-bond acceptors (Lipinski definition) is 5. The number of hydrogen-bond donors (Lipinski definition) is 2. The summed E-state index contributed by atoms with van der Waals surface area (Å²) in [5.41, 5.74) is -0.305. The van der Waals surface area contributed by atoms with E-state index in [1.165, 1.54) is 19.2 Å². The topological polar surface area (TPSA) is 97.0 Å². The normalized spacial score (nSPS) is 15.7. The third-order valence-electron chi connectivity index (χ3n) is 3.93. The van der Waals surface area contributed by atoms with E-state index in [2.05, 4.69) is 15.4 Å². The summed E-state index contributed by atoms with van der Waals surface area (Å²) in [7, 11) is 1.33. The number of imide groups is 1. The smallest absolute Gasteiger partial charge is 0.387 e. The molecule has 1 aliphatic rings. The molecule has 1 fully saturated rings. The summed E-state index contributed by atoms with van der Waals surface area (Å²) >= 11 is 0. The van der Waals surface area contributed by atoms with Crippen molar-refractivity contribution < 1.29 is 32.6 Å². The maximum atomic E-state index is 12.3. The van der Waals surface area contributed by atoms with E-state index in [1.54, 1.807) is 19.9 Å². The van der Waals surface area contributed by atoms with Crippen LogP contribution in [0.3, 0.4) is 0 Å². The molecule has 2 rings (SSSR count). The van der Waals surface area contributed by atoms with Gasteiger partial charge in [-0.3, -0.25) is 14.5 Å². The van der Waals surface area contributed by atoms with Crippen LogP contribution in [0.5, 0.6) is 11.5 Å². The fraction of sp³-hybridized carbons (Fsp3) is 0.471. The maximum absolute atomic E-state index is 12.3. The van der Waals surface area contributed by atoms with Crippen molar-refractivity contribution in [3.05, 3.63) is 23.8 Å². The second-order valence-electron chi connectivity index (χ2n) is 6.41. The van der Waals surface area contributed by atoms with Gasteiger partial charge in [0.2, 0.25) is 5.91 Å². The predicted octanol–water partition coefficient (Wildman–Crippen LogP) is 1.29. The molecule has 1 aliphatic heterocycles. The first kappa shape index (κ1) is 20.4. The van der Waals surface area contributed by atoms with Crippen LogP contribution < -0.4 is 20.1 Å². The second-order valence-corrected chi connectivity index (χ2v) is 6.41. The fourth-order valence-electron chi connectivity index (χ4n) is 2.57. The molecule has 1 saturated heterocycles. The number of urea groups is 1. The lowest BCUT2D eigenvalue weighted by Gasteiger charge is -2.16. The third kappa shape index (κ3) is 5.05. The molecule has 27 heavy (non-hydrogen) atoms. The Balaban J connectivity index is 1.86. The summed E-state index contributed by atoms with van der Waals surface area (Å²) in [6, 6.07) is 3.85. The van der Waals surface area contributed by atoms with Crippen molar-refractivity contribution in [2.45, 2.75) is 32.4 Å². The number of alkyl halides is 2. The van der Waals surface area contributed by atoms with Gasteiger partial charge in [-0.15, -0.1) is 0 Å². The van der Waals surface area contributed by atoms with Gasteiger partial charge in [-0.05, 0) is 38.0 Å². The molecule has 0 atom stereocenters. The van der Waals surface area contributed by atoms with Crippen LogP contribution in [0.1, 0.15) is 19.4 Å². The van der Waals surface area contributed by atoms with Gasteiger partial charge >= 0.3 is 12.6 Å². The summed E-state index contributed by atoms with van der Waals surface area (Å²) in [6.07, 6.45) is 0.392. The first-order valence-electron chi connectivity index (χ1n) is 8.16. The molecular weight excluding hydrogens is 364 g/mol. The molecule has 148 valence electrons. The van der Waals surface area contributed by atoms with Gasteiger partial charge in [-0.25, -0.2) is 4.79 Å². The lowest BCUT2D eigenvalue weighted by Crippen LogP contribution is -2.43. The Hall–Kier alpha value is -2.91.